The maximum Gasteiger partial charge on any atom is 0.183 e. The van der Waals surface area contributed by atoms with Gasteiger partial charge in [0.25, 0.3) is 0 Å². The summed E-state index contributed by atoms with van der Waals surface area (Å²) in [6, 6.07) is 15.6. The van der Waals surface area contributed by atoms with Gasteiger partial charge in [0.05, 0.1) is 5.69 Å². The van der Waals surface area contributed by atoms with Gasteiger partial charge in [0, 0.05) is 17.5 Å². The third-order valence-electron chi connectivity index (χ3n) is 3.07. The van der Waals surface area contributed by atoms with Gasteiger partial charge in [0.15, 0.2) is 5.78 Å². The molecule has 0 N–H and O–H groups in total. The first-order valence-electron chi connectivity index (χ1n) is 6.49. The number of carbonyl (C=O) groups is 1. The average molecular weight is 282 g/mol. The lowest BCUT2D eigenvalue weighted by molar-refractivity contribution is 0.0978. The molecule has 0 unspecified atom stereocenters. The molecule has 100 valence electrons. The summed E-state index contributed by atoms with van der Waals surface area (Å²) in [6.07, 6.45) is 3.12. The smallest absolute Gasteiger partial charge is 0.183 e. The Bertz CT molecular complexity index is 686. The molecule has 4 heteroatoms. The minimum Gasteiger partial charge on any atom is -0.292 e. The standard InChI is InChI=1S/C16H14N2OS/c19-16(9-8-14-7-4-12-20-14)15-10-11-18(17-15)13-5-2-1-3-6-13/h1-7,10-12H,8-9H2. The highest BCUT2D eigenvalue weighted by Gasteiger charge is 2.10. The van der Waals surface area contributed by atoms with Crippen molar-refractivity contribution in [2.45, 2.75) is 12.8 Å². The number of benzene rings is 1. The Morgan fingerprint density at radius 1 is 1.10 bits per heavy atom. The third-order valence-corrected chi connectivity index (χ3v) is 4.01. The van der Waals surface area contributed by atoms with E-state index < -0.39 is 0 Å². The summed E-state index contributed by atoms with van der Waals surface area (Å²) in [7, 11) is 0. The van der Waals surface area contributed by atoms with Crippen LogP contribution >= 0.6 is 11.3 Å². The Hall–Kier alpha value is -2.20. The normalized spacial score (nSPS) is 10.6. The fourth-order valence-corrected chi connectivity index (χ4v) is 2.73. The van der Waals surface area contributed by atoms with Gasteiger partial charge < -0.3 is 0 Å². The lowest BCUT2D eigenvalue weighted by Crippen LogP contribution is -2.03. The van der Waals surface area contributed by atoms with Crippen molar-refractivity contribution in [2.75, 3.05) is 0 Å². The molecule has 3 aromatic rings. The van der Waals surface area contributed by atoms with Crippen LogP contribution < -0.4 is 0 Å². The highest BCUT2D eigenvalue weighted by atomic mass is 32.1. The first kappa shape index (κ1) is 12.8. The van der Waals surface area contributed by atoms with Crippen LogP contribution in [0.1, 0.15) is 21.8 Å². The van der Waals surface area contributed by atoms with E-state index in [1.54, 1.807) is 22.1 Å². The van der Waals surface area contributed by atoms with E-state index in [1.165, 1.54) is 4.88 Å². The number of hydrogen-bond donors (Lipinski definition) is 0. The van der Waals surface area contributed by atoms with E-state index in [0.717, 1.165) is 12.1 Å². The molecule has 0 fully saturated rings. The van der Waals surface area contributed by atoms with Crippen molar-refractivity contribution in [3.8, 4) is 5.69 Å². The van der Waals surface area contributed by atoms with Crippen LogP contribution in [0.25, 0.3) is 5.69 Å². The molecular weight excluding hydrogens is 268 g/mol. The van der Waals surface area contributed by atoms with Crippen LogP contribution in [0.15, 0.2) is 60.1 Å². The first-order valence-corrected chi connectivity index (χ1v) is 7.37. The van der Waals surface area contributed by atoms with Gasteiger partial charge in [-0.1, -0.05) is 24.3 Å². The van der Waals surface area contributed by atoms with Gasteiger partial charge in [-0.3, -0.25) is 4.79 Å². The molecule has 0 atom stereocenters. The first-order chi connectivity index (χ1) is 9.83. The van der Waals surface area contributed by atoms with E-state index in [1.807, 2.05) is 48.0 Å². The fourth-order valence-electron chi connectivity index (χ4n) is 2.02. The maximum absolute atomic E-state index is 12.1. The SMILES string of the molecule is O=C(CCc1cccs1)c1ccn(-c2ccccc2)n1. The van der Waals surface area contributed by atoms with E-state index in [9.17, 15) is 4.79 Å². The summed E-state index contributed by atoms with van der Waals surface area (Å²) < 4.78 is 1.73. The Kier molecular flexibility index (Phi) is 3.74. The minimum atomic E-state index is 0.0908. The molecule has 1 aromatic carbocycles. The second-order valence-corrected chi connectivity index (χ2v) is 5.52. The number of aryl methyl sites for hydroxylation is 1. The Labute approximate surface area is 121 Å². The molecule has 0 saturated heterocycles. The predicted octanol–water partition coefficient (Wildman–Crippen LogP) is 3.75. The summed E-state index contributed by atoms with van der Waals surface area (Å²) in [4.78, 5) is 13.4. The van der Waals surface area contributed by atoms with Crippen LogP contribution in [-0.4, -0.2) is 15.6 Å². The summed E-state index contributed by atoms with van der Waals surface area (Å²) in [5, 5.41) is 6.38. The zero-order chi connectivity index (χ0) is 13.8. The Morgan fingerprint density at radius 2 is 1.95 bits per heavy atom. The van der Waals surface area contributed by atoms with Crippen molar-refractivity contribution in [3.63, 3.8) is 0 Å². The van der Waals surface area contributed by atoms with Gasteiger partial charge >= 0.3 is 0 Å². The molecule has 0 bridgehead atoms. The number of ketones is 1. The highest BCUT2D eigenvalue weighted by molar-refractivity contribution is 7.09. The summed E-state index contributed by atoms with van der Waals surface area (Å²) in [5.41, 5.74) is 1.50. The topological polar surface area (TPSA) is 34.9 Å². The molecule has 2 aromatic heterocycles. The predicted molar refractivity (Wildman–Crippen MR) is 80.5 cm³/mol. The summed E-state index contributed by atoms with van der Waals surface area (Å²) >= 11 is 1.68. The van der Waals surface area contributed by atoms with Crippen molar-refractivity contribution in [3.05, 3.63) is 70.7 Å². The van der Waals surface area contributed by atoms with Gasteiger partial charge in [0.2, 0.25) is 0 Å². The molecule has 0 amide bonds. The van der Waals surface area contributed by atoms with E-state index in [4.69, 9.17) is 0 Å². The number of Topliss-reactive ketones (excluding diaryl/α,β-unsaturated/α-hetero) is 1. The van der Waals surface area contributed by atoms with Crippen molar-refractivity contribution >= 4 is 17.1 Å². The quantitative estimate of drug-likeness (QED) is 0.668. The molecule has 20 heavy (non-hydrogen) atoms. The van der Waals surface area contributed by atoms with E-state index in [-0.39, 0.29) is 5.78 Å². The average Bonchev–Trinajstić information content (AvgIpc) is 3.17. The zero-order valence-corrected chi connectivity index (χ0v) is 11.7. The Morgan fingerprint density at radius 3 is 2.70 bits per heavy atom. The van der Waals surface area contributed by atoms with Gasteiger partial charge in [-0.15, -0.1) is 11.3 Å². The second-order valence-electron chi connectivity index (χ2n) is 4.48. The van der Waals surface area contributed by atoms with Gasteiger partial charge in [0.1, 0.15) is 5.69 Å². The van der Waals surface area contributed by atoms with Gasteiger partial charge in [-0.25, -0.2) is 4.68 Å². The summed E-state index contributed by atoms with van der Waals surface area (Å²) in [5.74, 6) is 0.0908. The number of aromatic nitrogens is 2. The second kappa shape index (κ2) is 5.84. The van der Waals surface area contributed by atoms with E-state index in [0.29, 0.717) is 12.1 Å². The molecule has 0 aliphatic rings. The lowest BCUT2D eigenvalue weighted by atomic mass is 10.1. The van der Waals surface area contributed by atoms with E-state index >= 15 is 0 Å². The number of hydrogen-bond acceptors (Lipinski definition) is 3. The summed E-state index contributed by atoms with van der Waals surface area (Å²) in [6.45, 7) is 0. The van der Waals surface area contributed by atoms with Gasteiger partial charge in [-0.05, 0) is 36.1 Å². The highest BCUT2D eigenvalue weighted by Crippen LogP contribution is 2.13. The molecule has 0 saturated carbocycles. The molecule has 3 nitrogen and oxygen atoms in total. The molecule has 0 spiro atoms. The number of carbonyl (C=O) groups excluding carboxylic acids is 1. The van der Waals surface area contributed by atoms with Crippen LogP contribution in [0, 0.1) is 0 Å². The molecule has 2 heterocycles. The molecule has 0 aliphatic carbocycles. The number of nitrogens with zero attached hydrogens (tertiary/aromatic N) is 2. The fraction of sp³-hybridized carbons (Fsp3) is 0.125. The van der Waals surface area contributed by atoms with Crippen LogP contribution in [0.3, 0.4) is 0 Å². The van der Waals surface area contributed by atoms with Crippen molar-refractivity contribution < 1.29 is 4.79 Å². The zero-order valence-electron chi connectivity index (χ0n) is 10.9. The molecular formula is C16H14N2OS. The molecule has 3 rings (SSSR count). The number of para-hydroxylation sites is 1. The van der Waals surface area contributed by atoms with Crippen LogP contribution in [0.2, 0.25) is 0 Å². The third kappa shape index (κ3) is 2.86. The van der Waals surface area contributed by atoms with Crippen LogP contribution in [0.4, 0.5) is 0 Å². The van der Waals surface area contributed by atoms with Crippen molar-refractivity contribution in [1.82, 2.24) is 9.78 Å². The van der Waals surface area contributed by atoms with Crippen molar-refractivity contribution in [1.29, 1.82) is 0 Å². The molecule has 0 radical (unpaired) electrons. The largest absolute Gasteiger partial charge is 0.292 e. The minimum absolute atomic E-state index is 0.0908. The van der Waals surface area contributed by atoms with Crippen LogP contribution in [0.5, 0.6) is 0 Å². The molecule has 0 aliphatic heterocycles. The van der Waals surface area contributed by atoms with Crippen molar-refractivity contribution in [2.24, 2.45) is 0 Å². The number of rotatable bonds is 5. The van der Waals surface area contributed by atoms with E-state index in [2.05, 4.69) is 11.2 Å². The van der Waals surface area contributed by atoms with Gasteiger partial charge in [-0.2, -0.15) is 5.10 Å². The van der Waals surface area contributed by atoms with Crippen LogP contribution in [-0.2, 0) is 6.42 Å². The monoisotopic (exact) mass is 282 g/mol. The lowest BCUT2D eigenvalue weighted by Gasteiger charge is -2.00. The maximum atomic E-state index is 12.1. The number of thiophene rings is 1. The Balaban J connectivity index is 1.69.